The van der Waals surface area contributed by atoms with Crippen molar-refractivity contribution >= 4 is 17.7 Å². The van der Waals surface area contributed by atoms with E-state index >= 15 is 0 Å². The summed E-state index contributed by atoms with van der Waals surface area (Å²) < 4.78 is 0. The van der Waals surface area contributed by atoms with Crippen LogP contribution in [0.3, 0.4) is 0 Å². The summed E-state index contributed by atoms with van der Waals surface area (Å²) >= 11 is 0. The number of amides is 3. The normalized spacial score (nSPS) is 14.5. The molecule has 3 amide bonds. The van der Waals surface area contributed by atoms with E-state index in [1.807, 2.05) is 0 Å². The van der Waals surface area contributed by atoms with E-state index in [-0.39, 0.29) is 24.1 Å². The van der Waals surface area contributed by atoms with Gasteiger partial charge in [-0.25, -0.2) is 0 Å². The van der Waals surface area contributed by atoms with Crippen LogP contribution in [0, 0.1) is 6.92 Å². The van der Waals surface area contributed by atoms with E-state index in [4.69, 9.17) is 0 Å². The van der Waals surface area contributed by atoms with Gasteiger partial charge in [-0.1, -0.05) is 0 Å². The second-order valence-electron chi connectivity index (χ2n) is 5.53. The quantitative estimate of drug-likeness (QED) is 0.860. The molecule has 0 unspecified atom stereocenters. The van der Waals surface area contributed by atoms with Gasteiger partial charge >= 0.3 is 0 Å². The molecule has 1 saturated heterocycles. The monoisotopic (exact) mass is 318 g/mol. The van der Waals surface area contributed by atoms with Gasteiger partial charge in [0, 0.05) is 58.0 Å². The number of piperazine rings is 1. The van der Waals surface area contributed by atoms with Crippen LogP contribution in [0.2, 0.25) is 0 Å². The molecule has 7 heteroatoms. The Labute approximate surface area is 135 Å². The molecule has 1 aliphatic rings. The number of aromatic nitrogens is 1. The average molecular weight is 318 g/mol. The maximum absolute atomic E-state index is 12.1. The zero-order valence-electron chi connectivity index (χ0n) is 13.5. The Morgan fingerprint density at radius 2 is 1.83 bits per heavy atom. The highest BCUT2D eigenvalue weighted by Gasteiger charge is 2.22. The molecule has 1 aromatic rings. The first-order chi connectivity index (χ1) is 11.0. The average Bonchev–Trinajstić information content (AvgIpc) is 2.55. The van der Waals surface area contributed by atoms with Gasteiger partial charge in [0.2, 0.25) is 11.8 Å². The van der Waals surface area contributed by atoms with Crippen LogP contribution in [0.4, 0.5) is 0 Å². The zero-order chi connectivity index (χ0) is 16.8. The number of pyridine rings is 1. The largest absolute Gasteiger partial charge is 0.351 e. The predicted octanol–water partition coefficient (Wildman–Crippen LogP) is 0.201. The van der Waals surface area contributed by atoms with Gasteiger partial charge in [-0.3, -0.25) is 19.4 Å². The second kappa shape index (κ2) is 7.71. The summed E-state index contributed by atoms with van der Waals surface area (Å²) in [5.74, 6) is -0.183. The summed E-state index contributed by atoms with van der Waals surface area (Å²) in [7, 11) is 0. The molecule has 1 N–H and O–H groups in total. The molecule has 1 aromatic heterocycles. The standard InChI is InChI=1S/C16H22N4O3/c1-12-14(4-3-6-17-12)16(23)18-7-5-15(22)20-10-8-19(9-11-20)13(2)21/h3-4,6H,5,7-11H2,1-2H3,(H,18,23). The minimum absolute atomic E-state index is 0.00332. The molecule has 1 fully saturated rings. The summed E-state index contributed by atoms with van der Waals surface area (Å²) in [6.45, 7) is 5.84. The van der Waals surface area contributed by atoms with Crippen molar-refractivity contribution in [3.63, 3.8) is 0 Å². The minimum atomic E-state index is -0.218. The van der Waals surface area contributed by atoms with Crippen molar-refractivity contribution in [3.8, 4) is 0 Å². The van der Waals surface area contributed by atoms with E-state index in [0.29, 0.717) is 44.0 Å². The van der Waals surface area contributed by atoms with E-state index in [1.165, 1.54) is 6.92 Å². The number of hydrogen-bond acceptors (Lipinski definition) is 4. The summed E-state index contributed by atoms with van der Waals surface area (Å²) in [6, 6.07) is 3.42. The summed E-state index contributed by atoms with van der Waals surface area (Å²) in [5.41, 5.74) is 1.19. The lowest BCUT2D eigenvalue weighted by Crippen LogP contribution is -2.50. The number of nitrogens with one attached hydrogen (secondary N) is 1. The number of carbonyl (C=O) groups excluding carboxylic acids is 3. The molecular formula is C16H22N4O3. The Morgan fingerprint density at radius 1 is 1.17 bits per heavy atom. The minimum Gasteiger partial charge on any atom is -0.351 e. The van der Waals surface area contributed by atoms with Gasteiger partial charge in [-0.05, 0) is 19.1 Å². The fourth-order valence-corrected chi connectivity index (χ4v) is 2.53. The van der Waals surface area contributed by atoms with Crippen molar-refractivity contribution in [1.29, 1.82) is 0 Å². The fraction of sp³-hybridized carbons (Fsp3) is 0.500. The third kappa shape index (κ3) is 4.51. The molecule has 23 heavy (non-hydrogen) atoms. The van der Waals surface area contributed by atoms with E-state index in [9.17, 15) is 14.4 Å². The fourth-order valence-electron chi connectivity index (χ4n) is 2.53. The van der Waals surface area contributed by atoms with Gasteiger partial charge in [0.05, 0.1) is 5.56 Å². The van der Waals surface area contributed by atoms with E-state index in [0.717, 1.165) is 0 Å². The number of carbonyl (C=O) groups is 3. The molecule has 0 atom stereocenters. The Morgan fingerprint density at radius 3 is 2.43 bits per heavy atom. The van der Waals surface area contributed by atoms with Gasteiger partial charge in [0.15, 0.2) is 0 Å². The molecule has 7 nitrogen and oxygen atoms in total. The molecule has 1 aliphatic heterocycles. The third-order valence-corrected chi connectivity index (χ3v) is 3.95. The highest BCUT2D eigenvalue weighted by molar-refractivity contribution is 5.95. The molecule has 2 rings (SSSR count). The van der Waals surface area contributed by atoms with E-state index < -0.39 is 0 Å². The lowest BCUT2D eigenvalue weighted by atomic mass is 10.2. The summed E-state index contributed by atoms with van der Waals surface area (Å²) in [4.78, 5) is 42.9. The van der Waals surface area contributed by atoms with Crippen LogP contribution in [0.25, 0.3) is 0 Å². The molecule has 0 saturated carbocycles. The van der Waals surface area contributed by atoms with Crippen molar-refractivity contribution in [2.75, 3.05) is 32.7 Å². The van der Waals surface area contributed by atoms with Crippen LogP contribution in [0.1, 0.15) is 29.4 Å². The van der Waals surface area contributed by atoms with Crippen LogP contribution in [0.15, 0.2) is 18.3 Å². The maximum Gasteiger partial charge on any atom is 0.253 e. The Hall–Kier alpha value is -2.44. The van der Waals surface area contributed by atoms with Crippen molar-refractivity contribution in [1.82, 2.24) is 20.1 Å². The zero-order valence-corrected chi connectivity index (χ0v) is 13.5. The Kier molecular flexibility index (Phi) is 5.67. The first kappa shape index (κ1) is 16.9. The van der Waals surface area contributed by atoms with Gasteiger partial charge < -0.3 is 15.1 Å². The summed E-state index contributed by atoms with van der Waals surface area (Å²) in [6.07, 6.45) is 1.89. The first-order valence-corrected chi connectivity index (χ1v) is 7.72. The summed E-state index contributed by atoms with van der Waals surface area (Å²) in [5, 5.41) is 2.75. The van der Waals surface area contributed by atoms with Crippen molar-refractivity contribution in [2.45, 2.75) is 20.3 Å². The van der Waals surface area contributed by atoms with Gasteiger partial charge in [0.1, 0.15) is 0 Å². The Balaban J connectivity index is 1.74. The van der Waals surface area contributed by atoms with Crippen LogP contribution in [-0.2, 0) is 9.59 Å². The van der Waals surface area contributed by atoms with Crippen molar-refractivity contribution in [2.24, 2.45) is 0 Å². The van der Waals surface area contributed by atoms with Crippen LogP contribution in [0.5, 0.6) is 0 Å². The lowest BCUT2D eigenvalue weighted by Gasteiger charge is -2.34. The van der Waals surface area contributed by atoms with Crippen molar-refractivity contribution < 1.29 is 14.4 Å². The van der Waals surface area contributed by atoms with Gasteiger partial charge in [-0.15, -0.1) is 0 Å². The van der Waals surface area contributed by atoms with Crippen LogP contribution < -0.4 is 5.32 Å². The molecule has 0 bridgehead atoms. The lowest BCUT2D eigenvalue weighted by molar-refractivity contribution is -0.138. The number of hydrogen-bond donors (Lipinski definition) is 1. The number of nitrogens with zero attached hydrogens (tertiary/aromatic N) is 3. The van der Waals surface area contributed by atoms with E-state index in [2.05, 4.69) is 10.3 Å². The molecule has 124 valence electrons. The third-order valence-electron chi connectivity index (χ3n) is 3.95. The van der Waals surface area contributed by atoms with Crippen LogP contribution >= 0.6 is 0 Å². The SMILES string of the molecule is CC(=O)N1CCN(C(=O)CCNC(=O)c2cccnc2C)CC1. The molecule has 0 spiro atoms. The highest BCUT2D eigenvalue weighted by Crippen LogP contribution is 2.05. The molecular weight excluding hydrogens is 296 g/mol. The number of aryl methyl sites for hydroxylation is 1. The molecule has 0 aromatic carbocycles. The van der Waals surface area contributed by atoms with E-state index in [1.54, 1.807) is 35.1 Å². The molecule has 0 aliphatic carbocycles. The molecule has 0 radical (unpaired) electrons. The first-order valence-electron chi connectivity index (χ1n) is 7.72. The number of rotatable bonds is 4. The smallest absolute Gasteiger partial charge is 0.253 e. The van der Waals surface area contributed by atoms with Gasteiger partial charge in [-0.2, -0.15) is 0 Å². The van der Waals surface area contributed by atoms with Crippen molar-refractivity contribution in [3.05, 3.63) is 29.6 Å². The second-order valence-corrected chi connectivity index (χ2v) is 5.53. The molecule has 2 heterocycles. The highest BCUT2D eigenvalue weighted by atomic mass is 16.2. The topological polar surface area (TPSA) is 82.6 Å². The Bertz CT molecular complexity index is 595. The predicted molar refractivity (Wildman–Crippen MR) is 84.8 cm³/mol. The van der Waals surface area contributed by atoms with Crippen LogP contribution in [-0.4, -0.2) is 65.2 Å². The van der Waals surface area contributed by atoms with Gasteiger partial charge in [0.25, 0.3) is 5.91 Å². The maximum atomic E-state index is 12.1.